The van der Waals surface area contributed by atoms with Crippen molar-refractivity contribution in [1.82, 2.24) is 15.3 Å². The highest BCUT2D eigenvalue weighted by Crippen LogP contribution is 2.44. The number of aryl methyl sites for hydroxylation is 1. The molecule has 0 radical (unpaired) electrons. The van der Waals surface area contributed by atoms with E-state index in [-0.39, 0.29) is 11.9 Å². The zero-order chi connectivity index (χ0) is 16.8. The molecule has 124 valence electrons. The largest absolute Gasteiger partial charge is 0.465 e. The Morgan fingerprint density at radius 1 is 1.42 bits per heavy atom. The number of amides is 2. The van der Waals surface area contributed by atoms with Crippen LogP contribution in [0.5, 0.6) is 0 Å². The summed E-state index contributed by atoms with van der Waals surface area (Å²) < 4.78 is 0.904. The second-order valence-corrected chi connectivity index (χ2v) is 7.17. The van der Waals surface area contributed by atoms with Gasteiger partial charge in [0.05, 0.1) is 21.6 Å². The lowest BCUT2D eigenvalue weighted by Gasteiger charge is -2.27. The molecular formula is C16H15IN4O3. The number of carbonyl (C=O) groups excluding carboxylic acids is 1. The van der Waals surface area contributed by atoms with Gasteiger partial charge in [0.1, 0.15) is 11.9 Å². The monoisotopic (exact) mass is 438 g/mol. The Balaban J connectivity index is 1.80. The number of imidazole rings is 1. The number of rotatable bonds is 2. The molecule has 2 aliphatic rings. The molecule has 24 heavy (non-hydrogen) atoms. The molecule has 2 atom stereocenters. The quantitative estimate of drug-likeness (QED) is 0.627. The highest BCUT2D eigenvalue weighted by molar-refractivity contribution is 14.1. The lowest BCUT2D eigenvalue weighted by molar-refractivity contribution is -0.120. The van der Waals surface area contributed by atoms with Gasteiger partial charge in [-0.2, -0.15) is 0 Å². The smallest absolute Gasteiger partial charge is 0.405 e. The lowest BCUT2D eigenvalue weighted by Crippen LogP contribution is -2.48. The fourth-order valence-electron chi connectivity index (χ4n) is 3.62. The summed E-state index contributed by atoms with van der Waals surface area (Å²) in [6, 6.07) is 5.07. The number of benzene rings is 1. The number of hydrogen-bond donors (Lipinski definition) is 3. The number of aromatic amines is 1. The molecule has 2 aliphatic heterocycles. The SMILES string of the molecule is O=C(O)N[C@H]1CCc2cccc3c2N(C1=O)[C@H](c1ncc(I)[nH]1)C3. The maximum absolute atomic E-state index is 13.1. The van der Waals surface area contributed by atoms with Crippen LogP contribution in [0, 0.1) is 3.70 Å². The molecule has 0 unspecified atom stereocenters. The highest BCUT2D eigenvalue weighted by atomic mass is 127. The van der Waals surface area contributed by atoms with Crippen LogP contribution in [-0.2, 0) is 17.6 Å². The van der Waals surface area contributed by atoms with Crippen molar-refractivity contribution in [1.29, 1.82) is 0 Å². The average Bonchev–Trinajstić information content (AvgIpc) is 3.10. The second-order valence-electron chi connectivity index (χ2n) is 6.01. The number of para-hydroxylation sites is 1. The summed E-state index contributed by atoms with van der Waals surface area (Å²) >= 11 is 2.15. The first-order chi connectivity index (χ1) is 11.5. The van der Waals surface area contributed by atoms with Crippen LogP contribution >= 0.6 is 22.6 Å². The Morgan fingerprint density at radius 3 is 2.92 bits per heavy atom. The van der Waals surface area contributed by atoms with E-state index in [1.807, 2.05) is 18.2 Å². The summed E-state index contributed by atoms with van der Waals surface area (Å²) in [6.07, 6.45) is 2.36. The van der Waals surface area contributed by atoms with Gasteiger partial charge in [-0.05, 0) is 46.6 Å². The molecule has 3 N–H and O–H groups in total. The van der Waals surface area contributed by atoms with Gasteiger partial charge >= 0.3 is 6.09 Å². The number of hydrogen-bond acceptors (Lipinski definition) is 3. The van der Waals surface area contributed by atoms with Crippen LogP contribution in [0.15, 0.2) is 24.4 Å². The van der Waals surface area contributed by atoms with E-state index in [2.05, 4.69) is 37.9 Å². The van der Waals surface area contributed by atoms with Gasteiger partial charge in [-0.1, -0.05) is 18.2 Å². The molecule has 0 bridgehead atoms. The Bertz CT molecular complexity index is 834. The van der Waals surface area contributed by atoms with Gasteiger partial charge in [-0.3, -0.25) is 9.69 Å². The van der Waals surface area contributed by atoms with Crippen LogP contribution in [0.4, 0.5) is 10.5 Å². The summed E-state index contributed by atoms with van der Waals surface area (Å²) in [5.74, 6) is 0.517. The lowest BCUT2D eigenvalue weighted by atomic mass is 10.0. The van der Waals surface area contributed by atoms with Gasteiger partial charge < -0.3 is 15.4 Å². The highest BCUT2D eigenvalue weighted by Gasteiger charge is 2.42. The predicted octanol–water partition coefficient (Wildman–Crippen LogP) is 2.23. The van der Waals surface area contributed by atoms with Gasteiger partial charge in [0.25, 0.3) is 0 Å². The number of H-pyrrole nitrogens is 1. The van der Waals surface area contributed by atoms with Gasteiger partial charge in [-0.25, -0.2) is 9.78 Å². The third-order valence-corrected chi connectivity index (χ3v) is 5.13. The molecule has 7 nitrogen and oxygen atoms in total. The van der Waals surface area contributed by atoms with Crippen LogP contribution < -0.4 is 10.2 Å². The average molecular weight is 438 g/mol. The molecule has 0 saturated carbocycles. The summed E-state index contributed by atoms with van der Waals surface area (Å²) in [5, 5.41) is 11.4. The molecule has 1 aromatic heterocycles. The van der Waals surface area contributed by atoms with Crippen LogP contribution in [0.25, 0.3) is 0 Å². The number of nitrogens with one attached hydrogen (secondary N) is 2. The third-order valence-electron chi connectivity index (χ3n) is 4.58. The Labute approximate surface area is 151 Å². The number of carbonyl (C=O) groups is 2. The van der Waals surface area contributed by atoms with E-state index in [1.165, 1.54) is 0 Å². The standard InChI is InChI=1S/C16H15IN4O3/c17-12-7-18-14(20-12)11-6-9-3-1-2-8-4-5-10(19-16(23)24)15(22)21(11)13(8)9/h1-3,7,10-11,19H,4-6H2,(H,18,20)(H,23,24)/t10-,11-/m0/s1. The van der Waals surface area contributed by atoms with Gasteiger partial charge in [-0.15, -0.1) is 0 Å². The fourth-order valence-corrected chi connectivity index (χ4v) is 4.03. The van der Waals surface area contributed by atoms with E-state index in [0.29, 0.717) is 19.3 Å². The maximum Gasteiger partial charge on any atom is 0.405 e. The topological polar surface area (TPSA) is 98.3 Å². The van der Waals surface area contributed by atoms with Gasteiger partial charge in [0, 0.05) is 6.42 Å². The zero-order valence-electron chi connectivity index (χ0n) is 12.6. The van der Waals surface area contributed by atoms with Crippen molar-refractivity contribution in [3.63, 3.8) is 0 Å². The minimum Gasteiger partial charge on any atom is -0.465 e. The van der Waals surface area contributed by atoms with Crippen LogP contribution in [0.3, 0.4) is 0 Å². The van der Waals surface area contributed by atoms with E-state index in [1.54, 1.807) is 11.1 Å². The van der Waals surface area contributed by atoms with Crippen molar-refractivity contribution in [2.75, 3.05) is 4.90 Å². The summed E-state index contributed by atoms with van der Waals surface area (Å²) in [7, 11) is 0. The van der Waals surface area contributed by atoms with Crippen LogP contribution in [0.1, 0.15) is 29.4 Å². The number of carboxylic acid groups (broad SMARTS) is 1. The van der Waals surface area contributed by atoms with E-state index in [9.17, 15) is 9.59 Å². The summed E-state index contributed by atoms with van der Waals surface area (Å²) in [4.78, 5) is 33.4. The normalized spacial score (nSPS) is 22.2. The Kier molecular flexibility index (Phi) is 3.70. The number of nitrogens with zero attached hydrogens (tertiary/aromatic N) is 2. The molecule has 3 heterocycles. The molecule has 2 amide bonds. The van der Waals surface area contributed by atoms with Crippen molar-refractivity contribution in [3.05, 3.63) is 45.0 Å². The minimum absolute atomic E-state index is 0.211. The maximum atomic E-state index is 13.1. The van der Waals surface area contributed by atoms with Crippen molar-refractivity contribution in [2.45, 2.75) is 31.3 Å². The first-order valence-electron chi connectivity index (χ1n) is 7.68. The van der Waals surface area contributed by atoms with E-state index in [4.69, 9.17) is 5.11 Å². The van der Waals surface area contributed by atoms with Crippen molar-refractivity contribution < 1.29 is 14.7 Å². The summed E-state index contributed by atoms with van der Waals surface area (Å²) in [6.45, 7) is 0. The molecule has 0 aliphatic carbocycles. The van der Waals surface area contributed by atoms with Gasteiger partial charge in [0.2, 0.25) is 5.91 Å². The number of halogens is 1. The van der Waals surface area contributed by atoms with Crippen LogP contribution in [0.2, 0.25) is 0 Å². The molecule has 4 rings (SSSR count). The van der Waals surface area contributed by atoms with Crippen molar-refractivity contribution in [2.24, 2.45) is 0 Å². The minimum atomic E-state index is -1.18. The van der Waals surface area contributed by atoms with E-state index < -0.39 is 12.1 Å². The summed E-state index contributed by atoms with van der Waals surface area (Å²) in [5.41, 5.74) is 3.11. The van der Waals surface area contributed by atoms with Crippen molar-refractivity contribution in [3.8, 4) is 0 Å². The van der Waals surface area contributed by atoms with Crippen LogP contribution in [-0.4, -0.2) is 33.1 Å². The van der Waals surface area contributed by atoms with Gasteiger partial charge in [0.15, 0.2) is 0 Å². The number of anilines is 1. The first kappa shape index (κ1) is 15.4. The molecule has 0 saturated heterocycles. The molecule has 8 heteroatoms. The third kappa shape index (κ3) is 2.45. The molecular weight excluding hydrogens is 423 g/mol. The Hall–Kier alpha value is -2.10. The molecule has 2 aromatic rings. The zero-order valence-corrected chi connectivity index (χ0v) is 14.8. The molecule has 0 fully saturated rings. The second kappa shape index (κ2) is 5.76. The molecule has 0 spiro atoms. The fraction of sp³-hybridized carbons (Fsp3) is 0.312. The van der Waals surface area contributed by atoms with E-state index >= 15 is 0 Å². The Morgan fingerprint density at radius 2 is 2.21 bits per heavy atom. The first-order valence-corrected chi connectivity index (χ1v) is 8.76. The predicted molar refractivity (Wildman–Crippen MR) is 94.9 cm³/mol. The van der Waals surface area contributed by atoms with Crippen molar-refractivity contribution >= 4 is 40.3 Å². The number of aromatic nitrogens is 2. The van der Waals surface area contributed by atoms with E-state index in [0.717, 1.165) is 26.3 Å². The molecule has 1 aromatic carbocycles.